The van der Waals surface area contributed by atoms with E-state index < -0.39 is 35.8 Å². The van der Waals surface area contributed by atoms with Crippen molar-refractivity contribution in [3.8, 4) is 5.75 Å². The Balaban J connectivity index is 1.89. The molecular formula is C21H21F3N4O6S. The van der Waals surface area contributed by atoms with Crippen LogP contribution in [0.25, 0.3) is 11.0 Å². The number of alkyl halides is 3. The second kappa shape index (κ2) is 10.7. The molecule has 2 aromatic heterocycles. The SMILES string of the molecule is Cc1c(OCC(F)(F)F)ccnc1CS(=O)c1nc2ccccc2n1C(=O)N(C)CCOC(=O)O. The van der Waals surface area contributed by atoms with E-state index in [4.69, 9.17) is 9.84 Å². The normalized spacial score (nSPS) is 12.4. The third-order valence-electron chi connectivity index (χ3n) is 4.82. The van der Waals surface area contributed by atoms with Crippen LogP contribution in [0, 0.1) is 6.92 Å². The van der Waals surface area contributed by atoms with E-state index in [-0.39, 0.29) is 41.1 Å². The van der Waals surface area contributed by atoms with Crippen molar-refractivity contribution in [1.82, 2.24) is 19.4 Å². The highest BCUT2D eigenvalue weighted by molar-refractivity contribution is 7.84. The molecule has 1 N–H and O–H groups in total. The fraction of sp³-hybridized carbons (Fsp3) is 0.333. The molecule has 35 heavy (non-hydrogen) atoms. The number of hydrogen-bond acceptors (Lipinski definition) is 7. The maximum Gasteiger partial charge on any atom is 0.505 e. The van der Waals surface area contributed by atoms with Crippen molar-refractivity contribution >= 4 is 34.0 Å². The molecule has 1 unspecified atom stereocenters. The molecule has 1 aromatic carbocycles. The third-order valence-corrected chi connectivity index (χ3v) is 6.04. The van der Waals surface area contributed by atoms with Gasteiger partial charge in [0.25, 0.3) is 0 Å². The topological polar surface area (TPSA) is 124 Å². The third kappa shape index (κ3) is 6.47. The Hall–Kier alpha value is -3.68. The monoisotopic (exact) mass is 514 g/mol. The first kappa shape index (κ1) is 25.9. The van der Waals surface area contributed by atoms with Gasteiger partial charge in [-0.25, -0.2) is 19.1 Å². The molecule has 0 aliphatic rings. The number of hydrogen-bond donors (Lipinski definition) is 1. The van der Waals surface area contributed by atoms with E-state index >= 15 is 0 Å². The molecule has 3 aromatic rings. The first-order valence-corrected chi connectivity index (χ1v) is 11.4. The summed E-state index contributed by atoms with van der Waals surface area (Å²) in [6.45, 7) is -0.322. The summed E-state index contributed by atoms with van der Waals surface area (Å²) in [4.78, 5) is 33.3. The second-order valence-electron chi connectivity index (χ2n) is 7.31. The maximum atomic E-state index is 13.3. The van der Waals surface area contributed by atoms with E-state index in [2.05, 4.69) is 14.7 Å². The molecule has 3 rings (SSSR count). The van der Waals surface area contributed by atoms with E-state index in [1.807, 2.05) is 0 Å². The number of amides is 1. The lowest BCUT2D eigenvalue weighted by atomic mass is 10.2. The Bertz CT molecular complexity index is 1260. The number of halogens is 3. The molecule has 10 nitrogen and oxygen atoms in total. The van der Waals surface area contributed by atoms with Gasteiger partial charge in [0.15, 0.2) is 6.61 Å². The Labute approximate surface area is 199 Å². The van der Waals surface area contributed by atoms with Crippen LogP contribution >= 0.6 is 0 Å². The van der Waals surface area contributed by atoms with Crippen LogP contribution in [-0.2, 0) is 21.3 Å². The largest absolute Gasteiger partial charge is 0.505 e. The number of benzene rings is 1. The quantitative estimate of drug-likeness (QED) is 0.453. The Morgan fingerprint density at radius 3 is 2.63 bits per heavy atom. The zero-order valence-corrected chi connectivity index (χ0v) is 19.4. The van der Waals surface area contributed by atoms with Crippen LogP contribution in [0.5, 0.6) is 5.75 Å². The predicted molar refractivity (Wildman–Crippen MR) is 118 cm³/mol. The predicted octanol–water partition coefficient (Wildman–Crippen LogP) is 3.58. The highest BCUT2D eigenvalue weighted by Gasteiger charge is 2.29. The molecule has 0 aliphatic heterocycles. The number of imidazole rings is 1. The number of rotatable bonds is 8. The summed E-state index contributed by atoms with van der Waals surface area (Å²) in [6.07, 6.45) is -4.76. The minimum Gasteiger partial charge on any atom is -0.484 e. The van der Waals surface area contributed by atoms with Crippen LogP contribution in [0.15, 0.2) is 41.7 Å². The van der Waals surface area contributed by atoms with Gasteiger partial charge in [-0.2, -0.15) is 13.2 Å². The van der Waals surface area contributed by atoms with Gasteiger partial charge in [-0.05, 0) is 25.1 Å². The van der Waals surface area contributed by atoms with Crippen molar-refractivity contribution < 1.29 is 41.5 Å². The van der Waals surface area contributed by atoms with Crippen molar-refractivity contribution in [3.63, 3.8) is 0 Å². The molecular weight excluding hydrogens is 493 g/mol. The van der Waals surface area contributed by atoms with E-state index in [1.54, 1.807) is 24.3 Å². The number of likely N-dealkylation sites (N-methyl/N-ethyl adjacent to an activating group) is 1. The summed E-state index contributed by atoms with van der Waals surface area (Å²) in [5.41, 5.74) is 1.27. The van der Waals surface area contributed by atoms with Crippen molar-refractivity contribution in [2.24, 2.45) is 0 Å². The van der Waals surface area contributed by atoms with Crippen LogP contribution in [0.3, 0.4) is 0 Å². The highest BCUT2D eigenvalue weighted by Crippen LogP contribution is 2.26. The van der Waals surface area contributed by atoms with Gasteiger partial charge in [0.1, 0.15) is 12.4 Å². The number of pyridine rings is 1. The molecule has 188 valence electrons. The van der Waals surface area contributed by atoms with Crippen LogP contribution in [-0.4, -0.2) is 73.9 Å². The van der Waals surface area contributed by atoms with Gasteiger partial charge in [0.05, 0.1) is 39.8 Å². The Morgan fingerprint density at radius 2 is 1.94 bits per heavy atom. The lowest BCUT2D eigenvalue weighted by molar-refractivity contribution is -0.153. The van der Waals surface area contributed by atoms with Crippen molar-refractivity contribution in [2.75, 3.05) is 26.8 Å². The van der Waals surface area contributed by atoms with Gasteiger partial charge in [-0.3, -0.25) is 9.19 Å². The lowest BCUT2D eigenvalue weighted by Crippen LogP contribution is -2.35. The van der Waals surface area contributed by atoms with E-state index in [9.17, 15) is 27.0 Å². The first-order chi connectivity index (χ1) is 16.5. The lowest BCUT2D eigenvalue weighted by Gasteiger charge is -2.18. The molecule has 0 saturated heterocycles. The minimum absolute atomic E-state index is 0.0490. The zero-order valence-electron chi connectivity index (χ0n) is 18.6. The summed E-state index contributed by atoms with van der Waals surface area (Å²) in [7, 11) is -0.511. The summed E-state index contributed by atoms with van der Waals surface area (Å²) >= 11 is 0. The number of fused-ring (bicyclic) bond motifs is 1. The highest BCUT2D eigenvalue weighted by atomic mass is 32.2. The number of ether oxygens (including phenoxy) is 2. The summed E-state index contributed by atoms with van der Waals surface area (Å²) in [5.74, 6) is -0.288. The molecule has 0 spiro atoms. The smallest absolute Gasteiger partial charge is 0.484 e. The Kier molecular flexibility index (Phi) is 7.94. The van der Waals surface area contributed by atoms with Crippen LogP contribution in [0.1, 0.15) is 11.3 Å². The first-order valence-electron chi connectivity index (χ1n) is 10.1. The number of para-hydroxylation sites is 2. The van der Waals surface area contributed by atoms with Crippen LogP contribution < -0.4 is 4.74 Å². The van der Waals surface area contributed by atoms with Crippen LogP contribution in [0.2, 0.25) is 0 Å². The van der Waals surface area contributed by atoms with Gasteiger partial charge >= 0.3 is 18.4 Å². The average molecular weight is 514 g/mol. The zero-order chi connectivity index (χ0) is 25.8. The molecule has 0 radical (unpaired) electrons. The molecule has 0 fully saturated rings. The minimum atomic E-state index is -4.52. The fourth-order valence-electron chi connectivity index (χ4n) is 3.09. The van der Waals surface area contributed by atoms with E-state index in [0.717, 1.165) is 4.57 Å². The molecule has 0 bridgehead atoms. The van der Waals surface area contributed by atoms with Crippen molar-refractivity contribution in [1.29, 1.82) is 0 Å². The number of carbonyl (C=O) groups is 2. The number of carboxylic acid groups (broad SMARTS) is 1. The number of carbonyl (C=O) groups excluding carboxylic acids is 1. The second-order valence-corrected chi connectivity index (χ2v) is 8.66. The average Bonchev–Trinajstić information content (AvgIpc) is 3.18. The molecule has 0 aliphatic carbocycles. The fourth-order valence-corrected chi connectivity index (χ4v) is 4.34. The van der Waals surface area contributed by atoms with Gasteiger partial charge in [-0.15, -0.1) is 0 Å². The van der Waals surface area contributed by atoms with Gasteiger partial charge < -0.3 is 19.5 Å². The van der Waals surface area contributed by atoms with E-state index in [0.29, 0.717) is 11.0 Å². The number of nitrogens with zero attached hydrogens (tertiary/aromatic N) is 4. The van der Waals surface area contributed by atoms with Gasteiger partial charge in [0, 0.05) is 18.8 Å². The molecule has 14 heteroatoms. The molecule has 1 atom stereocenters. The molecule has 1 amide bonds. The summed E-state index contributed by atoms with van der Waals surface area (Å²) < 4.78 is 61.3. The summed E-state index contributed by atoms with van der Waals surface area (Å²) in [6, 6.07) is 7.25. The van der Waals surface area contributed by atoms with Gasteiger partial charge in [-0.1, -0.05) is 12.1 Å². The summed E-state index contributed by atoms with van der Waals surface area (Å²) in [5, 5.41) is 8.52. The molecule has 2 heterocycles. The number of aromatic nitrogens is 3. The maximum absolute atomic E-state index is 13.3. The Morgan fingerprint density at radius 1 is 1.23 bits per heavy atom. The molecule has 0 saturated carbocycles. The van der Waals surface area contributed by atoms with Crippen LogP contribution in [0.4, 0.5) is 22.8 Å². The van der Waals surface area contributed by atoms with Crippen molar-refractivity contribution in [3.05, 3.63) is 47.8 Å². The van der Waals surface area contributed by atoms with E-state index in [1.165, 1.54) is 31.1 Å². The van der Waals surface area contributed by atoms with Crippen molar-refractivity contribution in [2.45, 2.75) is 24.0 Å². The standard InChI is InChI=1S/C21H21F3N4O6S/c1-13-15(25-8-7-17(13)34-12-21(22,23)24)11-35(32)18-26-14-5-3-4-6-16(14)28(18)19(29)27(2)9-10-33-20(30)31/h3-8H,9-12H2,1-2H3,(H,30,31). The van der Waals surface area contributed by atoms with Gasteiger partial charge in [0.2, 0.25) is 5.16 Å².